The first-order valence-electron chi connectivity index (χ1n) is 9.87. The van der Waals surface area contributed by atoms with E-state index < -0.39 is 0 Å². The third-order valence-electron chi connectivity index (χ3n) is 5.42. The van der Waals surface area contributed by atoms with Gasteiger partial charge in [0.25, 0.3) is 0 Å². The molecule has 0 saturated carbocycles. The number of ether oxygens (including phenoxy) is 1. The zero-order chi connectivity index (χ0) is 19.1. The Morgan fingerprint density at radius 3 is 2.59 bits per heavy atom. The minimum absolute atomic E-state index is 0.0509. The van der Waals surface area contributed by atoms with Crippen LogP contribution in [0.15, 0.2) is 24.3 Å². The standard InChI is InChI=1S/C20H31FN4O2/c1-27-14-13-23-9-11-25(12-10-23)20(26)22-19-3-2-8-24(16-19)15-17-4-6-18(21)7-5-17/h4-7,19H,2-3,8-16H2,1H3,(H,22,26)/t19-/m1/s1. The summed E-state index contributed by atoms with van der Waals surface area (Å²) in [7, 11) is 1.72. The predicted molar refractivity (Wildman–Crippen MR) is 103 cm³/mol. The molecule has 2 aliphatic rings. The molecule has 0 spiro atoms. The molecule has 2 aliphatic heterocycles. The lowest BCUT2D eigenvalue weighted by Gasteiger charge is -2.37. The van der Waals surface area contributed by atoms with E-state index in [0.717, 1.165) is 77.4 Å². The second-order valence-electron chi connectivity index (χ2n) is 7.47. The Kier molecular flexibility index (Phi) is 7.43. The number of methoxy groups -OCH3 is 1. The first-order chi connectivity index (χ1) is 13.1. The van der Waals surface area contributed by atoms with Crippen molar-refractivity contribution in [1.82, 2.24) is 20.0 Å². The highest BCUT2D eigenvalue weighted by atomic mass is 19.1. The molecule has 2 heterocycles. The Balaban J connectivity index is 1.42. The quantitative estimate of drug-likeness (QED) is 0.820. The Bertz CT molecular complexity index is 590. The first kappa shape index (κ1) is 20.0. The van der Waals surface area contributed by atoms with Crippen molar-refractivity contribution >= 4 is 6.03 Å². The van der Waals surface area contributed by atoms with Crippen LogP contribution in [-0.4, -0.2) is 86.3 Å². The summed E-state index contributed by atoms with van der Waals surface area (Å²) in [5.74, 6) is -0.204. The van der Waals surface area contributed by atoms with Crippen molar-refractivity contribution in [3.63, 3.8) is 0 Å². The van der Waals surface area contributed by atoms with E-state index in [4.69, 9.17) is 4.74 Å². The third kappa shape index (κ3) is 6.16. The maximum Gasteiger partial charge on any atom is 0.317 e. The predicted octanol–water partition coefficient (Wildman–Crippen LogP) is 1.76. The number of piperidine rings is 1. The summed E-state index contributed by atoms with van der Waals surface area (Å²) in [6.07, 6.45) is 2.08. The van der Waals surface area contributed by atoms with E-state index in [2.05, 4.69) is 15.1 Å². The number of carbonyl (C=O) groups excluding carboxylic acids is 1. The minimum Gasteiger partial charge on any atom is -0.383 e. The van der Waals surface area contributed by atoms with E-state index >= 15 is 0 Å². The number of benzene rings is 1. The van der Waals surface area contributed by atoms with Gasteiger partial charge in [0.15, 0.2) is 0 Å². The number of piperazine rings is 1. The lowest BCUT2D eigenvalue weighted by molar-refractivity contribution is 0.102. The number of urea groups is 1. The number of hydrogen-bond acceptors (Lipinski definition) is 4. The summed E-state index contributed by atoms with van der Waals surface area (Å²) in [5, 5.41) is 3.21. The van der Waals surface area contributed by atoms with Gasteiger partial charge in [0, 0.05) is 59.0 Å². The molecule has 2 amide bonds. The molecular weight excluding hydrogens is 347 g/mol. The highest BCUT2D eigenvalue weighted by molar-refractivity contribution is 5.74. The average Bonchev–Trinajstić information content (AvgIpc) is 2.69. The van der Waals surface area contributed by atoms with Crippen molar-refractivity contribution in [1.29, 1.82) is 0 Å². The van der Waals surface area contributed by atoms with Gasteiger partial charge in [-0.05, 0) is 37.1 Å². The van der Waals surface area contributed by atoms with E-state index in [1.54, 1.807) is 7.11 Å². The number of halogens is 1. The lowest BCUT2D eigenvalue weighted by atomic mass is 10.0. The zero-order valence-electron chi connectivity index (χ0n) is 16.2. The summed E-state index contributed by atoms with van der Waals surface area (Å²) in [5.41, 5.74) is 1.11. The second kappa shape index (κ2) is 10.0. The Hall–Kier alpha value is -1.70. The molecule has 1 aromatic carbocycles. The molecule has 7 heteroatoms. The smallest absolute Gasteiger partial charge is 0.317 e. The summed E-state index contributed by atoms with van der Waals surface area (Å²) in [6, 6.07) is 6.91. The second-order valence-corrected chi connectivity index (χ2v) is 7.47. The van der Waals surface area contributed by atoms with Crippen molar-refractivity contribution in [2.45, 2.75) is 25.4 Å². The topological polar surface area (TPSA) is 48.1 Å². The van der Waals surface area contributed by atoms with Gasteiger partial charge in [-0.3, -0.25) is 9.80 Å². The van der Waals surface area contributed by atoms with E-state index in [-0.39, 0.29) is 17.9 Å². The van der Waals surface area contributed by atoms with Crippen molar-refractivity contribution in [2.24, 2.45) is 0 Å². The number of nitrogens with zero attached hydrogens (tertiary/aromatic N) is 3. The van der Waals surface area contributed by atoms with Crippen LogP contribution >= 0.6 is 0 Å². The molecule has 1 N–H and O–H groups in total. The monoisotopic (exact) mass is 378 g/mol. The van der Waals surface area contributed by atoms with E-state index in [1.165, 1.54) is 12.1 Å². The van der Waals surface area contributed by atoms with Crippen LogP contribution in [0.1, 0.15) is 18.4 Å². The van der Waals surface area contributed by atoms with Gasteiger partial charge < -0.3 is 15.0 Å². The van der Waals surface area contributed by atoms with Crippen molar-refractivity contribution in [3.8, 4) is 0 Å². The van der Waals surface area contributed by atoms with Gasteiger partial charge in [-0.2, -0.15) is 0 Å². The van der Waals surface area contributed by atoms with Crippen LogP contribution in [-0.2, 0) is 11.3 Å². The van der Waals surface area contributed by atoms with Gasteiger partial charge in [-0.15, -0.1) is 0 Å². The van der Waals surface area contributed by atoms with Crippen molar-refractivity contribution < 1.29 is 13.9 Å². The number of nitrogens with one attached hydrogen (secondary N) is 1. The number of likely N-dealkylation sites (tertiary alicyclic amines) is 1. The van der Waals surface area contributed by atoms with Crippen LogP contribution in [0, 0.1) is 5.82 Å². The molecule has 0 aromatic heterocycles. The van der Waals surface area contributed by atoms with Crippen LogP contribution in [0.5, 0.6) is 0 Å². The molecule has 1 aromatic rings. The first-order valence-corrected chi connectivity index (χ1v) is 9.87. The normalized spacial score (nSPS) is 22.0. The Labute approximate surface area is 161 Å². The molecule has 2 saturated heterocycles. The Morgan fingerprint density at radius 1 is 1.15 bits per heavy atom. The molecule has 27 heavy (non-hydrogen) atoms. The van der Waals surface area contributed by atoms with Crippen LogP contribution in [0.2, 0.25) is 0 Å². The van der Waals surface area contributed by atoms with Gasteiger partial charge in [0.1, 0.15) is 5.82 Å². The molecule has 2 fully saturated rings. The SMILES string of the molecule is COCCN1CCN(C(=O)N[C@@H]2CCCN(Cc3ccc(F)cc3)C2)CC1. The molecule has 3 rings (SSSR count). The van der Waals surface area contributed by atoms with E-state index in [9.17, 15) is 9.18 Å². The van der Waals surface area contributed by atoms with Crippen molar-refractivity contribution in [3.05, 3.63) is 35.6 Å². The zero-order valence-corrected chi connectivity index (χ0v) is 16.2. The summed E-state index contributed by atoms with van der Waals surface area (Å²) in [6.45, 7) is 7.65. The number of carbonyl (C=O) groups is 1. The summed E-state index contributed by atoms with van der Waals surface area (Å²) < 4.78 is 18.2. The minimum atomic E-state index is -0.204. The highest BCUT2D eigenvalue weighted by Crippen LogP contribution is 2.15. The van der Waals surface area contributed by atoms with Gasteiger partial charge in [0.2, 0.25) is 0 Å². The fourth-order valence-electron chi connectivity index (χ4n) is 3.83. The average molecular weight is 378 g/mol. The molecule has 0 aliphatic carbocycles. The fourth-order valence-corrected chi connectivity index (χ4v) is 3.83. The third-order valence-corrected chi connectivity index (χ3v) is 5.42. The molecular formula is C20H31FN4O2. The highest BCUT2D eigenvalue weighted by Gasteiger charge is 2.25. The van der Waals surface area contributed by atoms with Crippen LogP contribution in [0.25, 0.3) is 0 Å². The van der Waals surface area contributed by atoms with Gasteiger partial charge >= 0.3 is 6.03 Å². The summed E-state index contributed by atoms with van der Waals surface area (Å²) in [4.78, 5) is 19.2. The molecule has 0 unspecified atom stereocenters. The molecule has 0 radical (unpaired) electrons. The van der Waals surface area contributed by atoms with Crippen molar-refractivity contribution in [2.75, 3.05) is 59.5 Å². The van der Waals surface area contributed by atoms with E-state index in [0.29, 0.717) is 0 Å². The van der Waals surface area contributed by atoms with Crippen LogP contribution < -0.4 is 5.32 Å². The summed E-state index contributed by atoms with van der Waals surface area (Å²) >= 11 is 0. The fraction of sp³-hybridized carbons (Fsp3) is 0.650. The number of amides is 2. The van der Waals surface area contributed by atoms with Gasteiger partial charge in [-0.25, -0.2) is 9.18 Å². The van der Waals surface area contributed by atoms with Gasteiger partial charge in [-0.1, -0.05) is 12.1 Å². The van der Waals surface area contributed by atoms with Gasteiger partial charge in [0.05, 0.1) is 6.61 Å². The molecule has 6 nitrogen and oxygen atoms in total. The molecule has 1 atom stereocenters. The maximum atomic E-state index is 13.1. The van der Waals surface area contributed by atoms with Crippen LogP contribution in [0.3, 0.4) is 0 Å². The number of hydrogen-bond donors (Lipinski definition) is 1. The Morgan fingerprint density at radius 2 is 1.89 bits per heavy atom. The van der Waals surface area contributed by atoms with E-state index in [1.807, 2.05) is 17.0 Å². The number of rotatable bonds is 6. The molecule has 150 valence electrons. The maximum absolute atomic E-state index is 13.1. The lowest BCUT2D eigenvalue weighted by Crippen LogP contribution is -2.56. The van der Waals surface area contributed by atoms with Crippen LogP contribution in [0.4, 0.5) is 9.18 Å². The largest absolute Gasteiger partial charge is 0.383 e. The molecule has 0 bridgehead atoms.